The molecule has 27 heavy (non-hydrogen) atoms. The van der Waals surface area contributed by atoms with E-state index < -0.39 is 8.49 Å². The van der Waals surface area contributed by atoms with Crippen molar-refractivity contribution in [3.8, 4) is 11.1 Å². The van der Waals surface area contributed by atoms with E-state index in [1.165, 1.54) is 43.4 Å². The maximum atomic E-state index is 2.98. The van der Waals surface area contributed by atoms with Crippen LogP contribution in [-0.4, -0.2) is 37.0 Å². The first kappa shape index (κ1) is 22.4. The molecule has 3 rings (SSSR count). The van der Waals surface area contributed by atoms with Gasteiger partial charge in [0.15, 0.2) is 0 Å². The average Bonchev–Trinajstić information content (AvgIpc) is 2.76. The van der Waals surface area contributed by atoms with Crippen LogP contribution in [0.25, 0.3) is 11.1 Å². The van der Waals surface area contributed by atoms with Crippen LogP contribution in [0.4, 0.5) is 0 Å². The Morgan fingerprint density at radius 3 is 1.30 bits per heavy atom. The molecule has 0 N–H and O–H groups in total. The summed E-state index contributed by atoms with van der Waals surface area (Å²) < 4.78 is -3.93. The molecule has 0 aromatic heterocycles. The van der Waals surface area contributed by atoms with Gasteiger partial charge in [0.05, 0.1) is 0 Å². The summed E-state index contributed by atoms with van der Waals surface area (Å²) in [5.74, 6) is 0. The molecule has 0 radical (unpaired) electrons. The number of hydrogen-bond acceptors (Lipinski definition) is 0. The Bertz CT molecular complexity index is 768. The molecule has 4 heteroatoms. The van der Waals surface area contributed by atoms with Gasteiger partial charge in [-0.3, -0.25) is 0 Å². The van der Waals surface area contributed by atoms with Gasteiger partial charge in [0.2, 0.25) is 0 Å². The maximum absolute atomic E-state index is 2.98. The molecule has 1 heterocycles. The minimum atomic E-state index is -1.97. The van der Waals surface area contributed by atoms with E-state index in [1.54, 1.807) is 21.7 Å². The number of fused-ring (bicyclic) bond motifs is 3. The molecule has 0 aliphatic carbocycles. The Hall–Kier alpha value is 0.760. The fourth-order valence-electron chi connectivity index (χ4n) is 5.17. The summed E-state index contributed by atoms with van der Waals surface area (Å²) >= 11 is 5.97. The van der Waals surface area contributed by atoms with E-state index >= 15 is 0 Å². The Kier molecular flexibility index (Phi) is 6.47. The van der Waals surface area contributed by atoms with E-state index in [0.717, 1.165) is 0 Å². The summed E-state index contributed by atoms with van der Waals surface area (Å²) in [6, 6.07) is 18.9. The fourth-order valence-corrected chi connectivity index (χ4v) is 18.3. The molecule has 150 valence electrons. The van der Waals surface area contributed by atoms with E-state index in [0.29, 0.717) is 0 Å². The molecule has 0 bridgehead atoms. The van der Waals surface area contributed by atoms with Crippen molar-refractivity contribution < 1.29 is 0 Å². The normalized spacial score (nSPS) is 25.0. The molecule has 1 aliphatic rings. The molecule has 0 fully saturated rings. The summed E-state index contributed by atoms with van der Waals surface area (Å²) in [4.78, 5) is 0. The number of benzene rings is 2. The van der Waals surface area contributed by atoms with Crippen LogP contribution in [0.1, 0.15) is 34.1 Å². The van der Waals surface area contributed by atoms with Crippen molar-refractivity contribution in [3.63, 3.8) is 0 Å². The summed E-state index contributed by atoms with van der Waals surface area (Å²) in [6.07, 6.45) is 9.47. The summed E-state index contributed by atoms with van der Waals surface area (Å²) in [6.45, 7) is 9.82. The van der Waals surface area contributed by atoms with Crippen LogP contribution >= 0.6 is 52.6 Å². The SMILES string of the molecule is CCP1(I)(CC)CCCP(I)(CC)(CC)c2ccccc2-c2ccccc21. The van der Waals surface area contributed by atoms with Crippen LogP contribution in [-0.2, 0) is 0 Å². The zero-order valence-electron chi connectivity index (χ0n) is 17.2. The molecule has 1 aliphatic heterocycles. The number of rotatable bonds is 4. The predicted molar refractivity (Wildman–Crippen MR) is 150 cm³/mol. The van der Waals surface area contributed by atoms with Crippen molar-refractivity contribution in [2.75, 3.05) is 37.0 Å². The third-order valence-electron chi connectivity index (χ3n) is 7.54. The molecule has 2 aromatic carbocycles. The summed E-state index contributed by atoms with van der Waals surface area (Å²) in [5.41, 5.74) is 3.08. The van der Waals surface area contributed by atoms with Crippen molar-refractivity contribution in [2.24, 2.45) is 0 Å². The third-order valence-corrected chi connectivity index (χ3v) is 33.4. The van der Waals surface area contributed by atoms with Crippen molar-refractivity contribution in [1.29, 1.82) is 0 Å². The van der Waals surface area contributed by atoms with E-state index in [2.05, 4.69) is 120 Å². The second-order valence-corrected chi connectivity index (χ2v) is 34.2. The van der Waals surface area contributed by atoms with Crippen LogP contribution in [0.5, 0.6) is 0 Å². The van der Waals surface area contributed by atoms with Gasteiger partial charge in [-0.1, -0.05) is 0 Å². The monoisotopic (exact) mass is 626 g/mol. The third kappa shape index (κ3) is 3.47. The Morgan fingerprint density at radius 2 is 0.963 bits per heavy atom. The second kappa shape index (κ2) is 7.78. The van der Waals surface area contributed by atoms with E-state index in [9.17, 15) is 0 Å². The standard InChI is InChI=1S/C23H34I2P2/c1-5-26(24,6-2)18-13-19-27(25,7-3,8-4)23-17-12-10-15-21(23)20-14-9-11-16-22(20)26/h9-12,14-17H,5-8,13,18-19H2,1-4H3. The first-order valence-corrected chi connectivity index (χ1v) is 21.6. The van der Waals surface area contributed by atoms with Gasteiger partial charge in [0.1, 0.15) is 0 Å². The Balaban J connectivity index is 2.45. The summed E-state index contributed by atoms with van der Waals surface area (Å²) in [5, 5.41) is 3.38. The zero-order valence-corrected chi connectivity index (χ0v) is 23.3. The van der Waals surface area contributed by atoms with Gasteiger partial charge in [-0.05, 0) is 0 Å². The molecule has 2 aromatic rings. The zero-order chi connectivity index (χ0) is 19.8. The minimum absolute atomic E-state index is 1.32. The van der Waals surface area contributed by atoms with Gasteiger partial charge in [0, 0.05) is 0 Å². The van der Waals surface area contributed by atoms with Crippen LogP contribution in [0, 0.1) is 0 Å². The van der Waals surface area contributed by atoms with Crippen molar-refractivity contribution in [2.45, 2.75) is 34.1 Å². The van der Waals surface area contributed by atoms with Gasteiger partial charge in [-0.15, -0.1) is 0 Å². The van der Waals surface area contributed by atoms with Gasteiger partial charge in [-0.25, -0.2) is 0 Å². The first-order valence-electron chi connectivity index (χ1n) is 10.4. The van der Waals surface area contributed by atoms with Gasteiger partial charge >= 0.3 is 194 Å². The molecular weight excluding hydrogens is 592 g/mol. The molecule has 0 unspecified atom stereocenters. The first-order chi connectivity index (χ1) is 12.8. The van der Waals surface area contributed by atoms with E-state index in [-0.39, 0.29) is 0 Å². The van der Waals surface area contributed by atoms with Crippen molar-refractivity contribution in [3.05, 3.63) is 48.5 Å². The van der Waals surface area contributed by atoms with Gasteiger partial charge in [-0.2, -0.15) is 0 Å². The number of halogens is 2. The van der Waals surface area contributed by atoms with Crippen molar-refractivity contribution >= 4 is 63.2 Å². The molecule has 0 spiro atoms. The van der Waals surface area contributed by atoms with Gasteiger partial charge in [0.25, 0.3) is 0 Å². The molecular formula is C23H34I2P2. The van der Waals surface area contributed by atoms with E-state index in [4.69, 9.17) is 0 Å². The van der Waals surface area contributed by atoms with Crippen molar-refractivity contribution in [1.82, 2.24) is 0 Å². The molecule has 0 amide bonds. The number of hydrogen-bond donors (Lipinski definition) is 0. The predicted octanol–water partition coefficient (Wildman–Crippen LogP) is 7.89. The fraction of sp³-hybridized carbons (Fsp3) is 0.478. The van der Waals surface area contributed by atoms with Crippen LogP contribution in [0.15, 0.2) is 48.5 Å². The molecule has 0 atom stereocenters. The molecule has 0 nitrogen and oxygen atoms in total. The second-order valence-electron chi connectivity index (χ2n) is 8.28. The average molecular weight is 626 g/mol. The molecule has 0 saturated carbocycles. The quantitative estimate of drug-likeness (QED) is 0.239. The van der Waals surface area contributed by atoms with Crippen LogP contribution in [0.3, 0.4) is 0 Å². The topological polar surface area (TPSA) is 0 Å². The van der Waals surface area contributed by atoms with Gasteiger partial charge < -0.3 is 0 Å². The van der Waals surface area contributed by atoms with Crippen LogP contribution < -0.4 is 10.6 Å². The van der Waals surface area contributed by atoms with E-state index in [1.807, 2.05) is 0 Å². The van der Waals surface area contributed by atoms with Crippen LogP contribution in [0.2, 0.25) is 0 Å². The Morgan fingerprint density at radius 1 is 0.630 bits per heavy atom. The summed E-state index contributed by atoms with van der Waals surface area (Å²) in [7, 11) is 0. The molecule has 0 saturated heterocycles. The Labute approximate surface area is 192 Å².